The fraction of sp³-hybridized carbons (Fsp3) is 0.250. The van der Waals surface area contributed by atoms with Crippen molar-refractivity contribution in [1.82, 2.24) is 14.6 Å². The molecule has 0 aliphatic rings. The number of amides is 1. The molecular formula is C20H23N3O3S. The molecule has 0 aliphatic heterocycles. The van der Waals surface area contributed by atoms with E-state index in [4.69, 9.17) is 0 Å². The maximum atomic E-state index is 12.4. The van der Waals surface area contributed by atoms with Gasteiger partial charge in [-0.3, -0.25) is 4.79 Å². The van der Waals surface area contributed by atoms with Crippen LogP contribution in [0.25, 0.3) is 10.9 Å². The molecule has 1 amide bonds. The van der Waals surface area contributed by atoms with Gasteiger partial charge in [-0.25, -0.2) is 12.7 Å². The lowest BCUT2D eigenvalue weighted by atomic mass is 10.1. The maximum absolute atomic E-state index is 12.4. The Kier molecular flexibility index (Phi) is 5.34. The summed E-state index contributed by atoms with van der Waals surface area (Å²) in [5.74, 6) is -0.0859. The van der Waals surface area contributed by atoms with Gasteiger partial charge < -0.3 is 10.3 Å². The highest BCUT2D eigenvalue weighted by Gasteiger charge is 2.18. The van der Waals surface area contributed by atoms with Crippen LogP contribution in [0.2, 0.25) is 0 Å². The van der Waals surface area contributed by atoms with E-state index in [1.807, 2.05) is 37.4 Å². The number of rotatable bonds is 6. The Morgan fingerprint density at radius 2 is 1.78 bits per heavy atom. The SMILES string of the molecule is CC(NC(=O)Cc1c[nH]c2ccccc12)c1ccc(S(=O)(=O)N(C)C)cc1. The molecule has 0 saturated carbocycles. The number of hydrogen-bond acceptors (Lipinski definition) is 3. The van der Waals surface area contributed by atoms with Crippen LogP contribution < -0.4 is 5.32 Å². The third kappa shape index (κ3) is 4.04. The molecule has 142 valence electrons. The van der Waals surface area contributed by atoms with Gasteiger partial charge in [0.15, 0.2) is 0 Å². The van der Waals surface area contributed by atoms with Crippen molar-refractivity contribution in [1.29, 1.82) is 0 Å². The van der Waals surface area contributed by atoms with E-state index in [0.29, 0.717) is 0 Å². The first-order chi connectivity index (χ1) is 12.8. The number of aromatic amines is 1. The normalized spacial score (nSPS) is 13.0. The van der Waals surface area contributed by atoms with Gasteiger partial charge in [0.2, 0.25) is 15.9 Å². The van der Waals surface area contributed by atoms with Gasteiger partial charge in [0, 0.05) is 31.2 Å². The zero-order valence-corrected chi connectivity index (χ0v) is 16.4. The van der Waals surface area contributed by atoms with Crippen LogP contribution in [0.3, 0.4) is 0 Å². The Bertz CT molecular complexity index is 1050. The number of fused-ring (bicyclic) bond motifs is 1. The van der Waals surface area contributed by atoms with Crippen LogP contribution in [0.5, 0.6) is 0 Å². The van der Waals surface area contributed by atoms with Crippen LogP contribution in [0, 0.1) is 0 Å². The first-order valence-electron chi connectivity index (χ1n) is 8.66. The van der Waals surface area contributed by atoms with E-state index < -0.39 is 10.0 Å². The standard InChI is InChI=1S/C20H23N3O3S/c1-14(15-8-10-17(11-9-15)27(25,26)23(2)3)22-20(24)12-16-13-21-19-7-5-4-6-18(16)19/h4-11,13-14,21H,12H2,1-3H3,(H,22,24). The molecular weight excluding hydrogens is 362 g/mol. The van der Waals surface area contributed by atoms with Crippen LogP contribution in [0.1, 0.15) is 24.1 Å². The molecule has 0 bridgehead atoms. The fourth-order valence-electron chi connectivity index (χ4n) is 2.97. The number of para-hydroxylation sites is 1. The summed E-state index contributed by atoms with van der Waals surface area (Å²) in [4.78, 5) is 15.8. The molecule has 3 aromatic rings. The first kappa shape index (κ1) is 19.1. The highest BCUT2D eigenvalue weighted by atomic mass is 32.2. The van der Waals surface area contributed by atoms with Crippen molar-refractivity contribution >= 4 is 26.8 Å². The summed E-state index contributed by atoms with van der Waals surface area (Å²) in [5.41, 5.74) is 2.80. The quantitative estimate of drug-likeness (QED) is 0.684. The van der Waals surface area contributed by atoms with Gasteiger partial charge in [-0.05, 0) is 36.2 Å². The maximum Gasteiger partial charge on any atom is 0.242 e. The molecule has 0 radical (unpaired) electrons. The Morgan fingerprint density at radius 1 is 1.11 bits per heavy atom. The molecule has 0 saturated heterocycles. The summed E-state index contributed by atoms with van der Waals surface area (Å²) in [5, 5.41) is 4.01. The van der Waals surface area contributed by atoms with Crippen molar-refractivity contribution in [3.8, 4) is 0 Å². The monoisotopic (exact) mass is 385 g/mol. The van der Waals surface area contributed by atoms with Crippen molar-refractivity contribution in [3.63, 3.8) is 0 Å². The van der Waals surface area contributed by atoms with Crippen molar-refractivity contribution < 1.29 is 13.2 Å². The summed E-state index contributed by atoms with van der Waals surface area (Å²) >= 11 is 0. The summed E-state index contributed by atoms with van der Waals surface area (Å²) in [6, 6.07) is 14.2. The number of H-pyrrole nitrogens is 1. The van der Waals surface area contributed by atoms with Crippen LogP contribution in [-0.2, 0) is 21.2 Å². The molecule has 7 heteroatoms. The predicted molar refractivity (Wildman–Crippen MR) is 106 cm³/mol. The molecule has 0 aliphatic carbocycles. The van der Waals surface area contributed by atoms with Crippen molar-refractivity contribution in [3.05, 3.63) is 65.9 Å². The van der Waals surface area contributed by atoms with Gasteiger partial charge in [0.05, 0.1) is 17.4 Å². The van der Waals surface area contributed by atoms with E-state index in [1.165, 1.54) is 18.4 Å². The minimum Gasteiger partial charge on any atom is -0.361 e. The van der Waals surface area contributed by atoms with E-state index in [-0.39, 0.29) is 23.3 Å². The van der Waals surface area contributed by atoms with E-state index in [1.54, 1.807) is 24.3 Å². The summed E-state index contributed by atoms with van der Waals surface area (Å²) in [6.07, 6.45) is 2.14. The zero-order valence-electron chi connectivity index (χ0n) is 15.6. The Morgan fingerprint density at radius 3 is 2.44 bits per heavy atom. The fourth-order valence-corrected chi connectivity index (χ4v) is 3.87. The number of aromatic nitrogens is 1. The molecule has 2 N–H and O–H groups in total. The number of hydrogen-bond donors (Lipinski definition) is 2. The zero-order chi connectivity index (χ0) is 19.6. The smallest absolute Gasteiger partial charge is 0.242 e. The first-order valence-corrected chi connectivity index (χ1v) is 10.1. The number of nitrogens with one attached hydrogen (secondary N) is 2. The van der Waals surface area contributed by atoms with Gasteiger partial charge in [0.1, 0.15) is 0 Å². The highest BCUT2D eigenvalue weighted by Crippen LogP contribution is 2.20. The second-order valence-corrected chi connectivity index (χ2v) is 8.83. The summed E-state index contributed by atoms with van der Waals surface area (Å²) in [7, 11) is -0.461. The van der Waals surface area contributed by atoms with E-state index in [9.17, 15) is 13.2 Å². The Labute approximate surface area is 159 Å². The third-order valence-corrected chi connectivity index (χ3v) is 6.39. The van der Waals surface area contributed by atoms with Crippen LogP contribution in [-0.4, -0.2) is 37.7 Å². The number of nitrogens with zero attached hydrogens (tertiary/aromatic N) is 1. The van der Waals surface area contributed by atoms with Crippen molar-refractivity contribution in [2.75, 3.05) is 14.1 Å². The minimum absolute atomic E-state index is 0.0859. The Hall–Kier alpha value is -2.64. The predicted octanol–water partition coefficient (Wildman–Crippen LogP) is 2.84. The molecule has 1 atom stereocenters. The van der Waals surface area contributed by atoms with Gasteiger partial charge in [0.25, 0.3) is 0 Å². The van der Waals surface area contributed by atoms with Crippen molar-refractivity contribution in [2.45, 2.75) is 24.3 Å². The van der Waals surface area contributed by atoms with Gasteiger partial charge >= 0.3 is 0 Å². The lowest BCUT2D eigenvalue weighted by Gasteiger charge is -2.16. The molecule has 3 rings (SSSR count). The average molecular weight is 385 g/mol. The molecule has 1 aromatic heterocycles. The number of carbonyl (C=O) groups excluding carboxylic acids is 1. The largest absolute Gasteiger partial charge is 0.361 e. The summed E-state index contributed by atoms with van der Waals surface area (Å²) < 4.78 is 25.4. The summed E-state index contributed by atoms with van der Waals surface area (Å²) in [6.45, 7) is 1.88. The van der Waals surface area contributed by atoms with Crippen LogP contribution >= 0.6 is 0 Å². The number of carbonyl (C=O) groups is 1. The number of benzene rings is 2. The number of sulfonamides is 1. The molecule has 1 heterocycles. The van der Waals surface area contributed by atoms with E-state index >= 15 is 0 Å². The topological polar surface area (TPSA) is 82.3 Å². The third-order valence-electron chi connectivity index (χ3n) is 4.56. The minimum atomic E-state index is -3.45. The van der Waals surface area contributed by atoms with Gasteiger partial charge in [-0.2, -0.15) is 0 Å². The molecule has 0 fully saturated rings. The molecule has 27 heavy (non-hydrogen) atoms. The van der Waals surface area contributed by atoms with Gasteiger partial charge in [-0.1, -0.05) is 30.3 Å². The second-order valence-electron chi connectivity index (χ2n) is 6.68. The average Bonchev–Trinajstić information content (AvgIpc) is 3.04. The Balaban J connectivity index is 1.68. The lowest BCUT2D eigenvalue weighted by Crippen LogP contribution is -2.28. The highest BCUT2D eigenvalue weighted by molar-refractivity contribution is 7.89. The lowest BCUT2D eigenvalue weighted by molar-refractivity contribution is -0.121. The van der Waals surface area contributed by atoms with Crippen LogP contribution in [0.15, 0.2) is 59.6 Å². The molecule has 2 aromatic carbocycles. The van der Waals surface area contributed by atoms with E-state index in [2.05, 4.69) is 10.3 Å². The molecule has 6 nitrogen and oxygen atoms in total. The van der Waals surface area contributed by atoms with E-state index in [0.717, 1.165) is 22.0 Å². The molecule has 0 spiro atoms. The van der Waals surface area contributed by atoms with Gasteiger partial charge in [-0.15, -0.1) is 0 Å². The second kappa shape index (κ2) is 7.54. The van der Waals surface area contributed by atoms with Crippen molar-refractivity contribution in [2.24, 2.45) is 0 Å². The van der Waals surface area contributed by atoms with Crippen LogP contribution in [0.4, 0.5) is 0 Å². The molecule has 1 unspecified atom stereocenters.